The van der Waals surface area contributed by atoms with Crippen LogP contribution in [0.4, 0.5) is 0 Å². The van der Waals surface area contributed by atoms with E-state index in [1.165, 1.54) is 0 Å². The van der Waals surface area contributed by atoms with Crippen molar-refractivity contribution < 1.29 is 0 Å². The Hall–Kier alpha value is -1.53. The standard InChI is InChI=1S/C16H18ClN3/c1-15(2)14(16(15,3)4)20-11-7-5-6-10(9-18)13(11)19-12(20)8-17/h5-7,14H,8H2,1-4H3. The van der Waals surface area contributed by atoms with E-state index in [-0.39, 0.29) is 10.8 Å². The number of hydrogen-bond donors (Lipinski definition) is 0. The van der Waals surface area contributed by atoms with E-state index in [1.807, 2.05) is 12.1 Å². The van der Waals surface area contributed by atoms with Crippen LogP contribution in [0, 0.1) is 22.2 Å². The number of nitriles is 1. The SMILES string of the molecule is CC1(C)C(n2c(CCl)nc3c(C#N)cccc32)C1(C)C. The van der Waals surface area contributed by atoms with Crippen molar-refractivity contribution in [2.24, 2.45) is 10.8 Å². The van der Waals surface area contributed by atoms with Crippen LogP contribution in [0.3, 0.4) is 0 Å². The Labute approximate surface area is 124 Å². The average molecular weight is 288 g/mol. The summed E-state index contributed by atoms with van der Waals surface area (Å²) in [5.74, 6) is 1.22. The third-order valence-corrected chi connectivity index (χ3v) is 5.47. The Morgan fingerprint density at radius 3 is 2.45 bits per heavy atom. The van der Waals surface area contributed by atoms with Crippen molar-refractivity contribution >= 4 is 22.6 Å². The number of fused-ring (bicyclic) bond motifs is 1. The molecule has 4 heteroatoms. The molecule has 1 heterocycles. The fourth-order valence-electron chi connectivity index (χ4n) is 3.44. The number of aromatic nitrogens is 2. The van der Waals surface area contributed by atoms with Crippen LogP contribution in [0.5, 0.6) is 0 Å². The second kappa shape index (κ2) is 3.99. The maximum absolute atomic E-state index is 9.24. The largest absolute Gasteiger partial charge is 0.323 e. The molecule has 0 bridgehead atoms. The summed E-state index contributed by atoms with van der Waals surface area (Å²) in [6.07, 6.45) is 0. The van der Waals surface area contributed by atoms with Crippen LogP contribution in [-0.4, -0.2) is 9.55 Å². The molecule has 3 nitrogen and oxygen atoms in total. The number of halogens is 1. The van der Waals surface area contributed by atoms with Gasteiger partial charge in [0, 0.05) is 6.04 Å². The quantitative estimate of drug-likeness (QED) is 0.775. The summed E-state index contributed by atoms with van der Waals surface area (Å²) in [5.41, 5.74) is 2.80. The van der Waals surface area contributed by atoms with Crippen LogP contribution in [0.15, 0.2) is 18.2 Å². The highest BCUT2D eigenvalue weighted by atomic mass is 35.5. The Morgan fingerprint density at radius 2 is 1.95 bits per heavy atom. The van der Waals surface area contributed by atoms with Crippen molar-refractivity contribution in [2.75, 3.05) is 0 Å². The lowest BCUT2D eigenvalue weighted by molar-refractivity contribution is 0.457. The van der Waals surface area contributed by atoms with Crippen molar-refractivity contribution in [2.45, 2.75) is 39.6 Å². The van der Waals surface area contributed by atoms with Gasteiger partial charge in [-0.2, -0.15) is 5.26 Å². The number of para-hydroxylation sites is 1. The van der Waals surface area contributed by atoms with Crippen LogP contribution >= 0.6 is 11.6 Å². The van der Waals surface area contributed by atoms with Gasteiger partial charge in [0.25, 0.3) is 0 Å². The summed E-state index contributed by atoms with van der Waals surface area (Å²) >= 11 is 6.09. The van der Waals surface area contributed by atoms with Crippen molar-refractivity contribution in [3.8, 4) is 6.07 Å². The lowest BCUT2D eigenvalue weighted by Gasteiger charge is -2.10. The Kier molecular flexibility index (Phi) is 2.68. The lowest BCUT2D eigenvalue weighted by Crippen LogP contribution is -2.05. The van der Waals surface area contributed by atoms with Crippen LogP contribution in [-0.2, 0) is 5.88 Å². The Bertz CT molecular complexity index is 720. The molecule has 1 saturated carbocycles. The predicted molar refractivity (Wildman–Crippen MR) is 80.6 cm³/mol. The second-order valence-corrected chi connectivity index (χ2v) is 6.93. The van der Waals surface area contributed by atoms with Gasteiger partial charge in [-0.05, 0) is 23.0 Å². The Morgan fingerprint density at radius 1 is 1.30 bits per heavy atom. The first-order valence-corrected chi connectivity index (χ1v) is 7.35. The molecule has 3 rings (SSSR count). The molecule has 2 aromatic rings. The number of rotatable bonds is 2. The highest BCUT2D eigenvalue weighted by Gasteiger charge is 2.66. The molecule has 0 aliphatic heterocycles. The summed E-state index contributed by atoms with van der Waals surface area (Å²) in [6, 6.07) is 8.33. The first kappa shape index (κ1) is 13.5. The van der Waals surface area contributed by atoms with E-state index in [9.17, 15) is 5.26 Å². The smallest absolute Gasteiger partial charge is 0.125 e. The molecule has 1 aliphatic carbocycles. The molecular weight excluding hydrogens is 270 g/mol. The number of alkyl halides is 1. The van der Waals surface area contributed by atoms with Crippen LogP contribution < -0.4 is 0 Å². The van der Waals surface area contributed by atoms with E-state index in [2.05, 4.69) is 43.3 Å². The molecule has 1 aromatic carbocycles. The summed E-state index contributed by atoms with van der Waals surface area (Å²) in [4.78, 5) is 4.60. The number of imidazole rings is 1. The number of benzene rings is 1. The number of hydrogen-bond acceptors (Lipinski definition) is 2. The summed E-state index contributed by atoms with van der Waals surface area (Å²) in [5, 5.41) is 9.24. The third kappa shape index (κ3) is 1.49. The maximum Gasteiger partial charge on any atom is 0.125 e. The molecule has 0 N–H and O–H groups in total. The van der Waals surface area contributed by atoms with Gasteiger partial charge in [-0.15, -0.1) is 11.6 Å². The highest BCUT2D eigenvalue weighted by molar-refractivity contribution is 6.16. The zero-order valence-corrected chi connectivity index (χ0v) is 13.0. The van der Waals surface area contributed by atoms with Gasteiger partial charge in [-0.1, -0.05) is 33.8 Å². The van der Waals surface area contributed by atoms with Crippen LogP contribution in [0.1, 0.15) is 45.1 Å². The molecule has 1 aliphatic rings. The van der Waals surface area contributed by atoms with Gasteiger partial charge in [0.05, 0.1) is 17.0 Å². The molecule has 0 unspecified atom stereocenters. The molecular formula is C16H18ClN3. The summed E-state index contributed by atoms with van der Waals surface area (Å²) < 4.78 is 2.24. The van der Waals surface area contributed by atoms with Gasteiger partial charge < -0.3 is 4.57 Å². The third-order valence-electron chi connectivity index (χ3n) is 5.24. The highest BCUT2D eigenvalue weighted by Crippen LogP contribution is 2.72. The van der Waals surface area contributed by atoms with E-state index < -0.39 is 0 Å². The van der Waals surface area contributed by atoms with E-state index >= 15 is 0 Å². The van der Waals surface area contributed by atoms with E-state index in [0.717, 1.165) is 16.9 Å². The molecule has 1 fully saturated rings. The maximum atomic E-state index is 9.24. The molecule has 104 valence electrons. The second-order valence-electron chi connectivity index (χ2n) is 6.66. The first-order valence-electron chi connectivity index (χ1n) is 6.82. The topological polar surface area (TPSA) is 41.6 Å². The monoisotopic (exact) mass is 287 g/mol. The average Bonchev–Trinajstić information content (AvgIpc) is 2.73. The molecule has 20 heavy (non-hydrogen) atoms. The molecule has 0 radical (unpaired) electrons. The van der Waals surface area contributed by atoms with Gasteiger partial charge in [-0.3, -0.25) is 0 Å². The fourth-order valence-corrected chi connectivity index (χ4v) is 3.63. The summed E-state index contributed by atoms with van der Waals surface area (Å²) in [6.45, 7) is 9.09. The molecule has 0 atom stereocenters. The van der Waals surface area contributed by atoms with Crippen molar-refractivity contribution in [1.82, 2.24) is 9.55 Å². The molecule has 0 spiro atoms. The predicted octanol–water partition coefficient (Wildman–Crippen LogP) is 4.25. The van der Waals surface area contributed by atoms with Gasteiger partial charge in [0.15, 0.2) is 0 Å². The molecule has 1 aromatic heterocycles. The zero-order chi connectivity index (χ0) is 14.7. The van der Waals surface area contributed by atoms with E-state index in [4.69, 9.17) is 11.6 Å². The van der Waals surface area contributed by atoms with Gasteiger partial charge in [0.2, 0.25) is 0 Å². The van der Waals surface area contributed by atoms with Gasteiger partial charge >= 0.3 is 0 Å². The van der Waals surface area contributed by atoms with Gasteiger partial charge in [-0.25, -0.2) is 4.98 Å². The summed E-state index contributed by atoms with van der Waals surface area (Å²) in [7, 11) is 0. The van der Waals surface area contributed by atoms with Crippen molar-refractivity contribution in [3.05, 3.63) is 29.6 Å². The van der Waals surface area contributed by atoms with Gasteiger partial charge in [0.1, 0.15) is 17.4 Å². The minimum Gasteiger partial charge on any atom is -0.323 e. The Balaban J connectivity index is 2.30. The minimum absolute atomic E-state index is 0.198. The van der Waals surface area contributed by atoms with Crippen molar-refractivity contribution in [1.29, 1.82) is 5.26 Å². The fraction of sp³-hybridized carbons (Fsp3) is 0.500. The van der Waals surface area contributed by atoms with E-state index in [0.29, 0.717) is 17.5 Å². The normalized spacial score (nSPS) is 20.0. The first-order chi connectivity index (χ1) is 9.36. The number of nitrogens with zero attached hydrogens (tertiary/aromatic N) is 3. The molecule has 0 amide bonds. The lowest BCUT2D eigenvalue weighted by atomic mass is 10.0. The van der Waals surface area contributed by atoms with Crippen molar-refractivity contribution in [3.63, 3.8) is 0 Å². The zero-order valence-electron chi connectivity index (χ0n) is 12.2. The van der Waals surface area contributed by atoms with Crippen LogP contribution in [0.2, 0.25) is 0 Å². The molecule has 0 saturated heterocycles. The minimum atomic E-state index is 0.198. The van der Waals surface area contributed by atoms with E-state index in [1.54, 1.807) is 6.07 Å². The van der Waals surface area contributed by atoms with Crippen LogP contribution in [0.25, 0.3) is 11.0 Å².